The fraction of sp³-hybridized carbons (Fsp3) is 0.500. The van der Waals surface area contributed by atoms with Gasteiger partial charge in [0.2, 0.25) is 5.91 Å². The highest BCUT2D eigenvalue weighted by Gasteiger charge is 2.24. The number of amides is 1. The zero-order valence-electron chi connectivity index (χ0n) is 13.4. The van der Waals surface area contributed by atoms with Gasteiger partial charge in [-0.15, -0.1) is 0 Å². The summed E-state index contributed by atoms with van der Waals surface area (Å²) < 4.78 is 0. The second-order valence-corrected chi connectivity index (χ2v) is 6.18. The SMILES string of the molecule is CCNC(=NCC(C)(C)C(N)=O)NCCc1ccc(Cl)cc1. The lowest BCUT2D eigenvalue weighted by Gasteiger charge is -2.19. The molecule has 122 valence electrons. The van der Waals surface area contributed by atoms with Crippen LogP contribution >= 0.6 is 11.6 Å². The Balaban J connectivity index is 2.53. The lowest BCUT2D eigenvalue weighted by Crippen LogP contribution is -2.40. The number of rotatable bonds is 7. The molecule has 1 aromatic carbocycles. The molecule has 1 rings (SSSR count). The van der Waals surface area contributed by atoms with Crippen molar-refractivity contribution in [2.75, 3.05) is 19.6 Å². The van der Waals surface area contributed by atoms with Crippen molar-refractivity contribution >= 4 is 23.5 Å². The van der Waals surface area contributed by atoms with Crippen LogP contribution in [-0.2, 0) is 11.2 Å². The second kappa shape index (κ2) is 8.63. The minimum Gasteiger partial charge on any atom is -0.369 e. The normalized spacial score (nSPS) is 12.1. The fourth-order valence-corrected chi connectivity index (χ4v) is 1.80. The number of hydrogen-bond donors (Lipinski definition) is 3. The van der Waals surface area contributed by atoms with Crippen molar-refractivity contribution in [3.05, 3.63) is 34.9 Å². The number of guanidine groups is 1. The third-order valence-corrected chi connectivity index (χ3v) is 3.52. The molecule has 0 aromatic heterocycles. The maximum Gasteiger partial charge on any atom is 0.224 e. The molecule has 4 N–H and O–H groups in total. The topological polar surface area (TPSA) is 79.5 Å². The largest absolute Gasteiger partial charge is 0.369 e. The Hall–Kier alpha value is -1.75. The first kappa shape index (κ1) is 18.3. The molecule has 0 aliphatic carbocycles. The average molecular weight is 325 g/mol. The summed E-state index contributed by atoms with van der Waals surface area (Å²) >= 11 is 5.86. The molecule has 0 spiro atoms. The van der Waals surface area contributed by atoms with Gasteiger partial charge in [-0.2, -0.15) is 0 Å². The number of nitrogens with two attached hydrogens (primary N) is 1. The molecule has 1 amide bonds. The molecule has 0 bridgehead atoms. The number of aliphatic imine (C=N–C) groups is 1. The van der Waals surface area contributed by atoms with Gasteiger partial charge in [0.05, 0.1) is 12.0 Å². The summed E-state index contributed by atoms with van der Waals surface area (Å²) in [6.07, 6.45) is 0.862. The summed E-state index contributed by atoms with van der Waals surface area (Å²) in [6.45, 7) is 7.41. The van der Waals surface area contributed by atoms with E-state index >= 15 is 0 Å². The maximum absolute atomic E-state index is 11.3. The minimum atomic E-state index is -0.654. The predicted molar refractivity (Wildman–Crippen MR) is 92.1 cm³/mol. The van der Waals surface area contributed by atoms with Crippen LogP contribution in [0.15, 0.2) is 29.3 Å². The molecular weight excluding hydrogens is 300 g/mol. The van der Waals surface area contributed by atoms with Crippen molar-refractivity contribution in [3.8, 4) is 0 Å². The van der Waals surface area contributed by atoms with Crippen LogP contribution in [0.1, 0.15) is 26.3 Å². The van der Waals surface area contributed by atoms with E-state index in [1.165, 1.54) is 5.56 Å². The van der Waals surface area contributed by atoms with Crippen molar-refractivity contribution in [1.29, 1.82) is 0 Å². The molecule has 0 heterocycles. The smallest absolute Gasteiger partial charge is 0.224 e. The van der Waals surface area contributed by atoms with Crippen LogP contribution in [0.3, 0.4) is 0 Å². The van der Waals surface area contributed by atoms with Gasteiger partial charge in [0, 0.05) is 18.1 Å². The van der Waals surface area contributed by atoms with Crippen LogP contribution in [0.5, 0.6) is 0 Å². The molecule has 0 radical (unpaired) electrons. The van der Waals surface area contributed by atoms with Crippen molar-refractivity contribution in [2.45, 2.75) is 27.2 Å². The predicted octanol–water partition coefficient (Wildman–Crippen LogP) is 1.95. The van der Waals surface area contributed by atoms with Crippen LogP contribution < -0.4 is 16.4 Å². The number of carbonyl (C=O) groups excluding carboxylic acids is 1. The number of carbonyl (C=O) groups is 1. The van der Waals surface area contributed by atoms with Gasteiger partial charge in [0.25, 0.3) is 0 Å². The van der Waals surface area contributed by atoms with Gasteiger partial charge in [-0.25, -0.2) is 0 Å². The average Bonchev–Trinajstić information content (AvgIpc) is 2.46. The molecule has 0 aliphatic rings. The molecule has 0 fully saturated rings. The summed E-state index contributed by atoms with van der Waals surface area (Å²) in [5, 5.41) is 7.14. The van der Waals surface area contributed by atoms with Crippen LogP contribution in [0.4, 0.5) is 0 Å². The molecule has 0 saturated carbocycles. The number of primary amides is 1. The standard InChI is InChI=1S/C16H25ClN4O/c1-4-19-15(21-11-16(2,3)14(18)22)20-10-9-12-5-7-13(17)8-6-12/h5-8H,4,9-11H2,1-3H3,(H2,18,22)(H2,19,20,21). The molecule has 0 atom stereocenters. The van der Waals surface area contributed by atoms with Crippen LogP contribution in [-0.4, -0.2) is 31.5 Å². The van der Waals surface area contributed by atoms with Gasteiger partial charge in [0.1, 0.15) is 0 Å². The van der Waals surface area contributed by atoms with E-state index in [0.717, 1.165) is 24.5 Å². The number of hydrogen-bond acceptors (Lipinski definition) is 2. The van der Waals surface area contributed by atoms with Gasteiger partial charge in [0.15, 0.2) is 5.96 Å². The fourth-order valence-electron chi connectivity index (χ4n) is 1.67. The Morgan fingerprint density at radius 2 is 1.91 bits per heavy atom. The molecule has 1 aromatic rings. The highest BCUT2D eigenvalue weighted by atomic mass is 35.5. The van der Waals surface area contributed by atoms with Gasteiger partial charge in [-0.3, -0.25) is 9.79 Å². The molecule has 6 heteroatoms. The van der Waals surface area contributed by atoms with Gasteiger partial charge >= 0.3 is 0 Å². The number of halogens is 1. The van der Waals surface area contributed by atoms with E-state index in [9.17, 15) is 4.79 Å². The first-order valence-electron chi connectivity index (χ1n) is 7.41. The van der Waals surface area contributed by atoms with E-state index in [1.54, 1.807) is 13.8 Å². The molecule has 5 nitrogen and oxygen atoms in total. The number of nitrogens with one attached hydrogen (secondary N) is 2. The summed E-state index contributed by atoms with van der Waals surface area (Å²) in [6, 6.07) is 7.77. The van der Waals surface area contributed by atoms with Crippen LogP contribution in [0.25, 0.3) is 0 Å². The quantitative estimate of drug-likeness (QED) is 0.530. The monoisotopic (exact) mass is 324 g/mol. The highest BCUT2D eigenvalue weighted by Crippen LogP contribution is 2.14. The third kappa shape index (κ3) is 6.35. The summed E-state index contributed by atoms with van der Waals surface area (Å²) in [5.41, 5.74) is 5.90. The van der Waals surface area contributed by atoms with Gasteiger partial charge < -0.3 is 16.4 Å². The third-order valence-electron chi connectivity index (χ3n) is 3.26. The van der Waals surface area contributed by atoms with E-state index in [2.05, 4.69) is 15.6 Å². The zero-order valence-corrected chi connectivity index (χ0v) is 14.2. The second-order valence-electron chi connectivity index (χ2n) is 5.75. The zero-order chi connectivity index (χ0) is 16.6. The lowest BCUT2D eigenvalue weighted by molar-refractivity contribution is -0.125. The van der Waals surface area contributed by atoms with Gasteiger partial charge in [-0.05, 0) is 44.9 Å². The molecule has 0 saturated heterocycles. The van der Waals surface area contributed by atoms with Crippen LogP contribution in [0.2, 0.25) is 5.02 Å². The Labute approximate surface area is 137 Å². The van der Waals surface area contributed by atoms with E-state index < -0.39 is 5.41 Å². The lowest BCUT2D eigenvalue weighted by atomic mass is 9.93. The molecular formula is C16H25ClN4O. The summed E-state index contributed by atoms with van der Waals surface area (Å²) in [7, 11) is 0. The highest BCUT2D eigenvalue weighted by molar-refractivity contribution is 6.30. The molecule has 0 aliphatic heterocycles. The van der Waals surface area contributed by atoms with Gasteiger partial charge in [-0.1, -0.05) is 23.7 Å². The number of benzene rings is 1. The van der Waals surface area contributed by atoms with E-state index in [0.29, 0.717) is 12.5 Å². The minimum absolute atomic E-state index is 0.346. The molecule has 22 heavy (non-hydrogen) atoms. The van der Waals surface area contributed by atoms with E-state index in [1.807, 2.05) is 31.2 Å². The Morgan fingerprint density at radius 3 is 2.45 bits per heavy atom. The number of nitrogens with zero attached hydrogens (tertiary/aromatic N) is 1. The van der Waals surface area contributed by atoms with Crippen molar-refractivity contribution in [3.63, 3.8) is 0 Å². The first-order chi connectivity index (χ1) is 10.3. The summed E-state index contributed by atoms with van der Waals surface area (Å²) in [4.78, 5) is 15.7. The van der Waals surface area contributed by atoms with E-state index in [4.69, 9.17) is 17.3 Å². The van der Waals surface area contributed by atoms with Crippen LogP contribution in [0, 0.1) is 5.41 Å². The first-order valence-corrected chi connectivity index (χ1v) is 7.79. The molecule has 0 unspecified atom stereocenters. The Kier molecular flexibility index (Phi) is 7.18. The maximum atomic E-state index is 11.3. The summed E-state index contributed by atoms with van der Waals surface area (Å²) in [5.74, 6) is 0.332. The van der Waals surface area contributed by atoms with Crippen molar-refractivity contribution in [2.24, 2.45) is 16.1 Å². The Morgan fingerprint density at radius 1 is 1.27 bits per heavy atom. The van der Waals surface area contributed by atoms with Crippen molar-refractivity contribution < 1.29 is 4.79 Å². The Bertz CT molecular complexity index is 511. The van der Waals surface area contributed by atoms with E-state index in [-0.39, 0.29) is 5.91 Å². The van der Waals surface area contributed by atoms with Crippen molar-refractivity contribution in [1.82, 2.24) is 10.6 Å².